The molecule has 0 aliphatic rings. The van der Waals surface area contributed by atoms with Crippen LogP contribution in [0, 0.1) is 0 Å². The molecule has 0 heterocycles. The number of rotatable bonds is 6. The molecule has 0 amide bonds. The highest BCUT2D eigenvalue weighted by atomic mass is 32.2. The molecule has 21 heavy (non-hydrogen) atoms. The van der Waals surface area contributed by atoms with Crippen LogP contribution in [0.15, 0.2) is 59.5 Å². The Morgan fingerprint density at radius 2 is 1.67 bits per heavy atom. The maximum Gasteiger partial charge on any atom is 0.115 e. The summed E-state index contributed by atoms with van der Waals surface area (Å²) >= 11 is 0. The lowest BCUT2D eigenvalue weighted by molar-refractivity contribution is 0.237. The van der Waals surface area contributed by atoms with E-state index in [1.807, 2.05) is 37.3 Å². The number of hydrogen-bond donors (Lipinski definition) is 2. The second-order valence-electron chi connectivity index (χ2n) is 5.03. The van der Waals surface area contributed by atoms with Crippen LogP contribution in [-0.4, -0.2) is 21.0 Å². The van der Waals surface area contributed by atoms with Crippen LogP contribution < -0.4 is 0 Å². The molecule has 0 aromatic heterocycles. The molecule has 4 heteroatoms. The van der Waals surface area contributed by atoms with Crippen LogP contribution >= 0.6 is 0 Å². The molecule has 0 aliphatic heterocycles. The van der Waals surface area contributed by atoms with Crippen LogP contribution in [0.5, 0.6) is 5.75 Å². The van der Waals surface area contributed by atoms with Crippen LogP contribution in [0.1, 0.15) is 25.3 Å². The van der Waals surface area contributed by atoms with Gasteiger partial charge in [-0.2, -0.15) is 0 Å². The lowest BCUT2D eigenvalue weighted by Gasteiger charge is -2.31. The third kappa shape index (κ3) is 3.17. The summed E-state index contributed by atoms with van der Waals surface area (Å²) in [6.45, 7) is 1.83. The van der Waals surface area contributed by atoms with Crippen molar-refractivity contribution in [2.45, 2.75) is 29.4 Å². The summed E-state index contributed by atoms with van der Waals surface area (Å²) in [7, 11) is -1.40. The molecule has 2 N–H and O–H groups in total. The normalized spacial score (nSPS) is 15.3. The van der Waals surface area contributed by atoms with E-state index in [9.17, 15) is 14.4 Å². The van der Waals surface area contributed by atoms with Gasteiger partial charge in [0.25, 0.3) is 0 Å². The maximum atomic E-state index is 13.1. The molecule has 2 unspecified atom stereocenters. The second kappa shape index (κ2) is 6.87. The molecule has 2 aromatic carbocycles. The predicted molar refractivity (Wildman–Crippen MR) is 84.6 cm³/mol. The van der Waals surface area contributed by atoms with Gasteiger partial charge in [0.1, 0.15) is 5.75 Å². The molecule has 112 valence electrons. The molecule has 0 radical (unpaired) electrons. The number of benzene rings is 2. The van der Waals surface area contributed by atoms with Crippen molar-refractivity contribution >= 4 is 10.8 Å². The Balaban J connectivity index is 2.49. The van der Waals surface area contributed by atoms with E-state index in [-0.39, 0.29) is 12.4 Å². The Hall–Kier alpha value is -1.65. The average Bonchev–Trinajstić information content (AvgIpc) is 2.53. The van der Waals surface area contributed by atoms with E-state index in [1.54, 1.807) is 12.1 Å². The SMILES string of the molecule is CCCC(CO)(c1ccccc1)S(=O)c1ccc(O)cc1. The Kier molecular flexibility index (Phi) is 5.15. The van der Waals surface area contributed by atoms with Crippen LogP contribution in [0.2, 0.25) is 0 Å². The Labute approximate surface area is 127 Å². The topological polar surface area (TPSA) is 57.5 Å². The first kappa shape index (κ1) is 15.7. The van der Waals surface area contributed by atoms with E-state index < -0.39 is 15.5 Å². The highest BCUT2D eigenvalue weighted by molar-refractivity contribution is 7.86. The molecular weight excluding hydrogens is 284 g/mol. The monoisotopic (exact) mass is 304 g/mol. The van der Waals surface area contributed by atoms with Crippen molar-refractivity contribution in [3.8, 4) is 5.75 Å². The molecule has 0 bridgehead atoms. The number of phenols is 1. The van der Waals surface area contributed by atoms with Gasteiger partial charge in [-0.3, -0.25) is 4.21 Å². The van der Waals surface area contributed by atoms with Crippen molar-refractivity contribution in [2.75, 3.05) is 6.61 Å². The maximum absolute atomic E-state index is 13.1. The number of phenolic OH excluding ortho intramolecular Hbond substituents is 1. The van der Waals surface area contributed by atoms with Gasteiger partial charge >= 0.3 is 0 Å². The molecular formula is C17H20O3S. The van der Waals surface area contributed by atoms with E-state index in [1.165, 1.54) is 12.1 Å². The van der Waals surface area contributed by atoms with Crippen molar-refractivity contribution in [1.82, 2.24) is 0 Å². The van der Waals surface area contributed by atoms with E-state index in [2.05, 4.69) is 0 Å². The third-order valence-electron chi connectivity index (χ3n) is 3.61. The van der Waals surface area contributed by atoms with Gasteiger partial charge in [0.05, 0.1) is 22.2 Å². The van der Waals surface area contributed by atoms with Crippen LogP contribution in [0.3, 0.4) is 0 Å². The van der Waals surface area contributed by atoms with Gasteiger partial charge in [0, 0.05) is 4.90 Å². The Bertz CT molecular complexity index is 595. The zero-order valence-corrected chi connectivity index (χ0v) is 12.8. The largest absolute Gasteiger partial charge is 0.508 e. The number of aliphatic hydroxyl groups is 1. The van der Waals surface area contributed by atoms with Crippen molar-refractivity contribution < 1.29 is 14.4 Å². The summed E-state index contributed by atoms with van der Waals surface area (Å²) in [5, 5.41) is 19.4. The van der Waals surface area contributed by atoms with Gasteiger partial charge in [0.2, 0.25) is 0 Å². The van der Waals surface area contributed by atoms with Crippen LogP contribution in [0.25, 0.3) is 0 Å². The van der Waals surface area contributed by atoms with E-state index >= 15 is 0 Å². The highest BCUT2D eigenvalue weighted by Crippen LogP contribution is 2.36. The minimum atomic E-state index is -1.40. The summed E-state index contributed by atoms with van der Waals surface area (Å²) < 4.78 is 12.3. The van der Waals surface area contributed by atoms with Crippen LogP contribution in [-0.2, 0) is 15.5 Å². The predicted octanol–water partition coefficient (Wildman–Crippen LogP) is 3.19. The lowest BCUT2D eigenvalue weighted by Crippen LogP contribution is -2.35. The molecule has 2 atom stereocenters. The lowest BCUT2D eigenvalue weighted by atomic mass is 9.94. The zero-order chi connectivity index (χ0) is 15.3. The van der Waals surface area contributed by atoms with Gasteiger partial charge in [-0.25, -0.2) is 0 Å². The molecule has 0 spiro atoms. The van der Waals surface area contributed by atoms with Gasteiger partial charge in [-0.05, 0) is 36.2 Å². The summed E-state index contributed by atoms with van der Waals surface area (Å²) in [6.07, 6.45) is 1.44. The highest BCUT2D eigenvalue weighted by Gasteiger charge is 2.38. The smallest absolute Gasteiger partial charge is 0.115 e. The van der Waals surface area contributed by atoms with Gasteiger partial charge in [0.15, 0.2) is 0 Å². The fourth-order valence-corrected chi connectivity index (χ4v) is 4.21. The molecule has 2 rings (SSSR count). The average molecular weight is 304 g/mol. The second-order valence-corrected chi connectivity index (χ2v) is 6.82. The molecule has 0 aliphatic carbocycles. The Morgan fingerprint density at radius 3 is 2.19 bits per heavy atom. The minimum absolute atomic E-state index is 0.139. The third-order valence-corrected chi connectivity index (χ3v) is 5.59. The van der Waals surface area contributed by atoms with Crippen molar-refractivity contribution in [3.05, 3.63) is 60.2 Å². The van der Waals surface area contributed by atoms with Crippen LogP contribution in [0.4, 0.5) is 0 Å². The van der Waals surface area contributed by atoms with E-state index in [0.717, 1.165) is 12.0 Å². The number of hydrogen-bond acceptors (Lipinski definition) is 3. The fraction of sp³-hybridized carbons (Fsp3) is 0.294. The fourth-order valence-electron chi connectivity index (χ4n) is 2.51. The Morgan fingerprint density at radius 1 is 1.05 bits per heavy atom. The number of aromatic hydroxyl groups is 1. The first-order valence-electron chi connectivity index (χ1n) is 7.01. The summed E-state index contributed by atoms with van der Waals surface area (Å²) in [4.78, 5) is 0.610. The van der Waals surface area contributed by atoms with Gasteiger partial charge in [-0.15, -0.1) is 0 Å². The molecule has 0 saturated carbocycles. The standard InChI is InChI=1S/C17H20O3S/c1-2-12-17(13-18,14-6-4-3-5-7-14)21(20)16-10-8-15(19)9-11-16/h3-11,18-19H,2,12-13H2,1H3. The number of aliphatic hydroxyl groups excluding tert-OH is 1. The summed E-state index contributed by atoms with van der Waals surface area (Å²) in [5.41, 5.74) is 0.876. The van der Waals surface area contributed by atoms with Gasteiger partial charge < -0.3 is 10.2 Å². The zero-order valence-electron chi connectivity index (χ0n) is 12.0. The first-order valence-corrected chi connectivity index (χ1v) is 8.16. The molecule has 3 nitrogen and oxygen atoms in total. The van der Waals surface area contributed by atoms with Crippen molar-refractivity contribution in [1.29, 1.82) is 0 Å². The molecule has 0 fully saturated rings. The van der Waals surface area contributed by atoms with E-state index in [4.69, 9.17) is 0 Å². The summed E-state index contributed by atoms with van der Waals surface area (Å²) in [6, 6.07) is 15.8. The first-order chi connectivity index (χ1) is 10.1. The van der Waals surface area contributed by atoms with Gasteiger partial charge in [-0.1, -0.05) is 43.7 Å². The quantitative estimate of drug-likeness (QED) is 0.861. The molecule has 0 saturated heterocycles. The van der Waals surface area contributed by atoms with Crippen molar-refractivity contribution in [2.24, 2.45) is 0 Å². The van der Waals surface area contributed by atoms with Crippen molar-refractivity contribution in [3.63, 3.8) is 0 Å². The van der Waals surface area contributed by atoms with E-state index in [0.29, 0.717) is 11.3 Å². The minimum Gasteiger partial charge on any atom is -0.508 e. The summed E-state index contributed by atoms with van der Waals surface area (Å²) in [5.74, 6) is 0.139. The molecule has 2 aromatic rings.